The van der Waals surface area contributed by atoms with Gasteiger partial charge in [0.1, 0.15) is 4.83 Å². The van der Waals surface area contributed by atoms with Crippen LogP contribution < -0.4 is 5.56 Å². The highest BCUT2D eigenvalue weighted by molar-refractivity contribution is 7.99. The first kappa shape index (κ1) is 25.0. The number of ether oxygens (including phenoxy) is 1. The van der Waals surface area contributed by atoms with Crippen molar-refractivity contribution >= 4 is 45.0 Å². The van der Waals surface area contributed by atoms with Crippen molar-refractivity contribution in [3.8, 4) is 0 Å². The number of aryl methyl sites for hydroxylation is 2. The average Bonchev–Trinajstić information content (AvgIpc) is 3.44. The van der Waals surface area contributed by atoms with Crippen molar-refractivity contribution in [3.05, 3.63) is 56.7 Å². The largest absolute Gasteiger partial charge is 0.370 e. The first-order valence-electron chi connectivity index (χ1n) is 12.3. The van der Waals surface area contributed by atoms with Crippen LogP contribution in [-0.2, 0) is 35.5 Å². The highest BCUT2D eigenvalue weighted by Crippen LogP contribution is 2.38. The zero-order valence-corrected chi connectivity index (χ0v) is 22.7. The van der Waals surface area contributed by atoms with E-state index in [0.717, 1.165) is 26.2 Å². The molecular formula is C26H31N5O3S2. The summed E-state index contributed by atoms with van der Waals surface area (Å²) >= 11 is 2.94. The van der Waals surface area contributed by atoms with E-state index in [0.29, 0.717) is 50.0 Å². The fourth-order valence-corrected chi connectivity index (χ4v) is 6.85. The second-order valence-corrected chi connectivity index (χ2v) is 11.6. The number of hydrogen-bond donors (Lipinski definition) is 0. The molecule has 0 N–H and O–H groups in total. The molecule has 5 rings (SSSR count). The molecule has 1 aliphatic rings. The van der Waals surface area contributed by atoms with Crippen molar-refractivity contribution in [2.24, 2.45) is 0 Å². The molecule has 190 valence electrons. The summed E-state index contributed by atoms with van der Waals surface area (Å²) in [4.78, 5) is 30.3. The predicted octanol–water partition coefficient (Wildman–Crippen LogP) is 4.16. The third-order valence-corrected chi connectivity index (χ3v) is 8.80. The summed E-state index contributed by atoms with van der Waals surface area (Å²) in [5.41, 5.74) is 1.85. The van der Waals surface area contributed by atoms with Crippen LogP contribution in [0.5, 0.6) is 0 Å². The van der Waals surface area contributed by atoms with Crippen LogP contribution in [-0.4, -0.2) is 54.4 Å². The molecule has 0 fully saturated rings. The summed E-state index contributed by atoms with van der Waals surface area (Å²) in [5, 5.41) is 10.2. The first-order chi connectivity index (χ1) is 17.3. The minimum atomic E-state index is -0.335. The maximum atomic E-state index is 13.9. The number of benzene rings is 1. The number of thioether (sulfide) groups is 1. The number of carbonyl (C=O) groups is 1. The molecule has 0 spiro atoms. The molecule has 0 saturated heterocycles. The first-order valence-corrected chi connectivity index (χ1v) is 14.1. The lowest BCUT2D eigenvalue weighted by molar-refractivity contribution is -0.127. The predicted molar refractivity (Wildman–Crippen MR) is 144 cm³/mol. The normalized spacial score (nSPS) is 14.9. The van der Waals surface area contributed by atoms with Gasteiger partial charge in [-0.05, 0) is 45.2 Å². The van der Waals surface area contributed by atoms with Gasteiger partial charge in [-0.3, -0.25) is 14.2 Å². The Balaban J connectivity index is 1.63. The van der Waals surface area contributed by atoms with E-state index in [1.807, 2.05) is 41.3 Å². The zero-order valence-electron chi connectivity index (χ0n) is 21.1. The smallest absolute Gasteiger partial charge is 0.263 e. The minimum Gasteiger partial charge on any atom is -0.370 e. The van der Waals surface area contributed by atoms with Crippen molar-refractivity contribution in [1.29, 1.82) is 0 Å². The maximum Gasteiger partial charge on any atom is 0.263 e. The van der Waals surface area contributed by atoms with Crippen LogP contribution in [0.25, 0.3) is 16.0 Å². The molecule has 0 saturated carbocycles. The van der Waals surface area contributed by atoms with Gasteiger partial charge < -0.3 is 9.64 Å². The average molecular weight is 526 g/mol. The minimum absolute atomic E-state index is 0.0354. The highest BCUT2D eigenvalue weighted by Gasteiger charge is 2.32. The topological polar surface area (TPSA) is 81.7 Å². The highest BCUT2D eigenvalue weighted by atomic mass is 32.2. The van der Waals surface area contributed by atoms with Crippen LogP contribution in [0.3, 0.4) is 0 Å². The number of thiophene rings is 1. The van der Waals surface area contributed by atoms with E-state index in [-0.39, 0.29) is 22.8 Å². The SMILES string of the molecule is CCN(CC)C(=O)CSc1nnc2n(CCc3ccccc3)c(=O)c3c4c(sc3n12)COC(C)(C)C4. The molecule has 8 nitrogen and oxygen atoms in total. The summed E-state index contributed by atoms with van der Waals surface area (Å²) < 4.78 is 9.77. The molecule has 1 aliphatic heterocycles. The number of hydrogen-bond acceptors (Lipinski definition) is 7. The number of nitrogens with zero attached hydrogens (tertiary/aromatic N) is 5. The van der Waals surface area contributed by atoms with Gasteiger partial charge in [0.2, 0.25) is 11.7 Å². The summed E-state index contributed by atoms with van der Waals surface area (Å²) in [7, 11) is 0. The van der Waals surface area contributed by atoms with E-state index >= 15 is 0 Å². The van der Waals surface area contributed by atoms with Crippen LogP contribution in [0.15, 0.2) is 40.3 Å². The van der Waals surface area contributed by atoms with Crippen LogP contribution in [0, 0.1) is 0 Å². The lowest BCUT2D eigenvalue weighted by Crippen LogP contribution is -2.32. The summed E-state index contributed by atoms with van der Waals surface area (Å²) in [5.74, 6) is 0.852. The quantitative estimate of drug-likeness (QED) is 0.321. The maximum absolute atomic E-state index is 13.9. The molecule has 0 radical (unpaired) electrons. The lowest BCUT2D eigenvalue weighted by Gasteiger charge is -2.29. The van der Waals surface area contributed by atoms with Crippen LogP contribution >= 0.6 is 23.1 Å². The van der Waals surface area contributed by atoms with E-state index in [1.54, 1.807) is 15.9 Å². The Hall–Kier alpha value is -2.69. The van der Waals surface area contributed by atoms with Gasteiger partial charge in [-0.25, -0.2) is 4.40 Å². The van der Waals surface area contributed by atoms with Crippen molar-refractivity contribution in [2.45, 2.75) is 64.4 Å². The van der Waals surface area contributed by atoms with Gasteiger partial charge in [0, 0.05) is 30.9 Å². The lowest BCUT2D eigenvalue weighted by atomic mass is 9.94. The molecule has 0 bridgehead atoms. The van der Waals surface area contributed by atoms with Gasteiger partial charge in [-0.15, -0.1) is 21.5 Å². The van der Waals surface area contributed by atoms with E-state index in [2.05, 4.69) is 36.2 Å². The Morgan fingerprint density at radius 1 is 1.19 bits per heavy atom. The van der Waals surface area contributed by atoms with Crippen LogP contribution in [0.4, 0.5) is 0 Å². The fourth-order valence-electron chi connectivity index (χ4n) is 4.73. The second kappa shape index (κ2) is 9.99. The second-order valence-electron chi connectivity index (χ2n) is 9.57. The Morgan fingerprint density at radius 2 is 1.94 bits per heavy atom. The van der Waals surface area contributed by atoms with Gasteiger partial charge in [0.25, 0.3) is 5.56 Å². The standard InChI is InChI=1S/C26H31N5O3S2/c1-5-29(6-2)20(32)16-35-25-28-27-24-30(13-12-17-10-8-7-9-11-17)22(33)21-18-14-26(3,4)34-15-19(18)36-23(21)31(24)25/h7-11H,5-6,12-16H2,1-4H3. The third kappa shape index (κ3) is 4.57. The number of carbonyl (C=O) groups excluding carboxylic acids is 1. The Bertz CT molecular complexity index is 1470. The van der Waals surface area contributed by atoms with Gasteiger partial charge in [-0.2, -0.15) is 0 Å². The molecule has 0 aliphatic carbocycles. The van der Waals surface area contributed by atoms with E-state index < -0.39 is 0 Å². The zero-order chi connectivity index (χ0) is 25.4. The molecule has 1 aromatic carbocycles. The monoisotopic (exact) mass is 525 g/mol. The van der Waals surface area contributed by atoms with E-state index in [4.69, 9.17) is 4.74 Å². The number of fused-ring (bicyclic) bond motifs is 5. The molecule has 3 aromatic heterocycles. The number of aromatic nitrogens is 4. The van der Waals surface area contributed by atoms with Gasteiger partial charge in [0.05, 0.1) is 23.3 Å². The van der Waals surface area contributed by atoms with Gasteiger partial charge in [0.15, 0.2) is 5.16 Å². The van der Waals surface area contributed by atoms with E-state index in [1.165, 1.54) is 11.8 Å². The molecule has 4 aromatic rings. The Morgan fingerprint density at radius 3 is 2.67 bits per heavy atom. The molecule has 0 atom stereocenters. The molecule has 10 heteroatoms. The van der Waals surface area contributed by atoms with Crippen LogP contribution in [0.1, 0.15) is 43.7 Å². The Labute approximate surface area is 218 Å². The molecule has 1 amide bonds. The van der Waals surface area contributed by atoms with Crippen molar-refractivity contribution in [3.63, 3.8) is 0 Å². The van der Waals surface area contributed by atoms with Crippen molar-refractivity contribution in [1.82, 2.24) is 24.1 Å². The molecule has 0 unspecified atom stereocenters. The van der Waals surface area contributed by atoms with Crippen molar-refractivity contribution < 1.29 is 9.53 Å². The van der Waals surface area contributed by atoms with Crippen molar-refractivity contribution in [2.75, 3.05) is 18.8 Å². The number of amides is 1. The summed E-state index contributed by atoms with van der Waals surface area (Å²) in [6, 6.07) is 10.1. The van der Waals surface area contributed by atoms with Gasteiger partial charge >= 0.3 is 0 Å². The molecular weight excluding hydrogens is 494 g/mol. The summed E-state index contributed by atoms with van der Waals surface area (Å²) in [6.07, 6.45) is 1.38. The molecule has 4 heterocycles. The third-order valence-electron chi connectivity index (χ3n) is 6.70. The summed E-state index contributed by atoms with van der Waals surface area (Å²) in [6.45, 7) is 10.4. The molecule has 36 heavy (non-hydrogen) atoms. The van der Waals surface area contributed by atoms with Gasteiger partial charge in [-0.1, -0.05) is 42.1 Å². The number of rotatable bonds is 8. The van der Waals surface area contributed by atoms with Crippen LogP contribution in [0.2, 0.25) is 0 Å². The Kier molecular flexibility index (Phi) is 6.93. The van der Waals surface area contributed by atoms with E-state index in [9.17, 15) is 9.59 Å². The fraction of sp³-hybridized carbons (Fsp3) is 0.462.